The van der Waals surface area contributed by atoms with Crippen molar-refractivity contribution in [1.29, 1.82) is 0 Å². The predicted molar refractivity (Wildman–Crippen MR) is 101 cm³/mol. The Kier molecular flexibility index (Phi) is 5.65. The maximum Gasteiger partial charge on any atom is 0.205 e. The number of hydrogen-bond acceptors (Lipinski definition) is 7. The zero-order valence-electron chi connectivity index (χ0n) is 14.0. The highest BCUT2D eigenvalue weighted by atomic mass is 32.1. The summed E-state index contributed by atoms with van der Waals surface area (Å²) in [5, 5.41) is 6.46. The average Bonchev–Trinajstić information content (AvgIpc) is 3.06. The van der Waals surface area contributed by atoms with Crippen LogP contribution in [0.3, 0.4) is 0 Å². The lowest BCUT2D eigenvalue weighted by atomic mass is 10.1. The summed E-state index contributed by atoms with van der Waals surface area (Å²) in [6.07, 6.45) is 1.64. The zero-order chi connectivity index (χ0) is 18.4. The highest BCUT2D eigenvalue weighted by Crippen LogP contribution is 2.23. The summed E-state index contributed by atoms with van der Waals surface area (Å²) in [5.41, 5.74) is 9.98. The number of methoxy groups -OCH3 is 1. The van der Waals surface area contributed by atoms with Crippen LogP contribution in [0.1, 0.15) is 11.1 Å². The van der Waals surface area contributed by atoms with Gasteiger partial charge in [-0.3, -0.25) is 5.43 Å². The molecule has 6 nitrogen and oxygen atoms in total. The minimum Gasteiger partial charge on any atom is -0.496 e. The molecule has 3 aromatic rings. The molecule has 0 aliphatic rings. The number of anilines is 2. The van der Waals surface area contributed by atoms with Crippen LogP contribution in [-0.4, -0.2) is 18.3 Å². The lowest BCUT2D eigenvalue weighted by molar-refractivity contribution is 0.282. The molecule has 0 amide bonds. The molecule has 1 heterocycles. The first-order valence-corrected chi connectivity index (χ1v) is 8.58. The van der Waals surface area contributed by atoms with Gasteiger partial charge in [-0.25, -0.2) is 9.37 Å². The smallest absolute Gasteiger partial charge is 0.205 e. The Balaban J connectivity index is 1.70. The number of hydrogen-bond donors (Lipinski definition) is 2. The molecule has 0 atom stereocenters. The van der Waals surface area contributed by atoms with E-state index >= 15 is 0 Å². The second-order valence-electron chi connectivity index (χ2n) is 5.24. The molecule has 8 heteroatoms. The fraction of sp³-hybridized carbons (Fsp3) is 0.111. The average molecular weight is 372 g/mol. The summed E-state index contributed by atoms with van der Waals surface area (Å²) >= 11 is 1.36. The monoisotopic (exact) mass is 372 g/mol. The van der Waals surface area contributed by atoms with Gasteiger partial charge in [-0.1, -0.05) is 12.1 Å². The highest BCUT2D eigenvalue weighted by Gasteiger charge is 2.07. The van der Waals surface area contributed by atoms with Gasteiger partial charge in [-0.2, -0.15) is 5.10 Å². The zero-order valence-corrected chi connectivity index (χ0v) is 14.8. The van der Waals surface area contributed by atoms with Crippen LogP contribution in [0, 0.1) is 5.82 Å². The molecule has 0 radical (unpaired) electrons. The van der Waals surface area contributed by atoms with Crippen LogP contribution in [-0.2, 0) is 6.61 Å². The molecule has 0 saturated heterocycles. The van der Waals surface area contributed by atoms with Gasteiger partial charge in [-0.05, 0) is 35.9 Å². The molecular formula is C18H17FN4O2S. The standard InChI is InChI=1S/C18H17FN4O2S/c1-24-15-7-6-12(9-21-23-18-22-17(20)11-26-18)8-13(15)10-25-16-5-3-2-4-14(16)19/h2-9,11H,10,20H2,1H3,(H,22,23). The Labute approximate surface area is 154 Å². The first-order chi connectivity index (χ1) is 12.7. The van der Waals surface area contributed by atoms with E-state index in [-0.39, 0.29) is 12.4 Å². The Morgan fingerprint density at radius 1 is 1.27 bits per heavy atom. The quantitative estimate of drug-likeness (QED) is 0.486. The van der Waals surface area contributed by atoms with Gasteiger partial charge in [0.05, 0.1) is 13.3 Å². The number of thiazole rings is 1. The minimum absolute atomic E-state index is 0.169. The largest absolute Gasteiger partial charge is 0.496 e. The molecule has 26 heavy (non-hydrogen) atoms. The van der Waals surface area contributed by atoms with Gasteiger partial charge in [0.1, 0.15) is 18.2 Å². The predicted octanol–water partition coefficient (Wildman–Crippen LogP) is 3.90. The van der Waals surface area contributed by atoms with Crippen LogP contribution < -0.4 is 20.6 Å². The third-order valence-corrected chi connectivity index (χ3v) is 4.19. The Morgan fingerprint density at radius 2 is 2.12 bits per heavy atom. The molecule has 134 valence electrons. The van der Waals surface area contributed by atoms with Gasteiger partial charge in [-0.15, -0.1) is 11.3 Å². The minimum atomic E-state index is -0.406. The van der Waals surface area contributed by atoms with Crippen molar-refractivity contribution in [2.75, 3.05) is 18.3 Å². The third-order valence-electron chi connectivity index (χ3n) is 3.42. The van der Waals surface area contributed by atoms with E-state index in [0.717, 1.165) is 11.1 Å². The molecule has 0 unspecified atom stereocenters. The summed E-state index contributed by atoms with van der Waals surface area (Å²) in [6.45, 7) is 0.169. The van der Waals surface area contributed by atoms with Crippen LogP contribution in [0.15, 0.2) is 52.9 Å². The van der Waals surface area contributed by atoms with Gasteiger partial charge in [0, 0.05) is 10.9 Å². The van der Waals surface area contributed by atoms with E-state index in [1.165, 1.54) is 17.4 Å². The van der Waals surface area contributed by atoms with Crippen molar-refractivity contribution in [2.24, 2.45) is 5.10 Å². The summed E-state index contributed by atoms with van der Waals surface area (Å²) in [6, 6.07) is 11.8. The molecule has 0 fully saturated rings. The van der Waals surface area contributed by atoms with E-state index in [0.29, 0.717) is 16.7 Å². The van der Waals surface area contributed by atoms with Crippen molar-refractivity contribution in [3.05, 3.63) is 64.8 Å². The van der Waals surface area contributed by atoms with Gasteiger partial charge in [0.25, 0.3) is 0 Å². The molecular weight excluding hydrogens is 355 g/mol. The van der Waals surface area contributed by atoms with Gasteiger partial charge >= 0.3 is 0 Å². The summed E-state index contributed by atoms with van der Waals surface area (Å²) in [4.78, 5) is 4.05. The van der Waals surface area contributed by atoms with Crippen LogP contribution in [0.5, 0.6) is 11.5 Å². The SMILES string of the molecule is COc1ccc(C=NNc2nc(N)cs2)cc1COc1ccccc1F. The molecule has 0 saturated carbocycles. The van der Waals surface area contributed by atoms with E-state index in [1.807, 2.05) is 18.2 Å². The third kappa shape index (κ3) is 4.48. The summed E-state index contributed by atoms with van der Waals surface area (Å²) in [7, 11) is 1.57. The number of halogens is 1. The van der Waals surface area contributed by atoms with Crippen molar-refractivity contribution in [2.45, 2.75) is 6.61 Å². The number of para-hydroxylation sites is 1. The Morgan fingerprint density at radius 3 is 2.85 bits per heavy atom. The van der Waals surface area contributed by atoms with E-state index in [2.05, 4.69) is 15.5 Å². The summed E-state index contributed by atoms with van der Waals surface area (Å²) < 4.78 is 24.6. The number of rotatable bonds is 7. The second-order valence-corrected chi connectivity index (χ2v) is 6.10. The molecule has 1 aromatic heterocycles. The van der Waals surface area contributed by atoms with Gasteiger partial charge in [0.15, 0.2) is 11.6 Å². The fourth-order valence-corrected chi connectivity index (χ4v) is 2.76. The number of nitrogen functional groups attached to an aromatic ring is 1. The van der Waals surface area contributed by atoms with Crippen molar-refractivity contribution < 1.29 is 13.9 Å². The summed E-state index contributed by atoms with van der Waals surface area (Å²) in [5.74, 6) is 0.886. The van der Waals surface area contributed by atoms with Crippen molar-refractivity contribution in [3.63, 3.8) is 0 Å². The molecule has 3 N–H and O–H groups in total. The van der Waals surface area contributed by atoms with E-state index < -0.39 is 5.82 Å². The topological polar surface area (TPSA) is 81.8 Å². The number of aromatic nitrogens is 1. The first-order valence-electron chi connectivity index (χ1n) is 7.70. The van der Waals surface area contributed by atoms with Gasteiger partial charge in [0.2, 0.25) is 5.13 Å². The maximum absolute atomic E-state index is 13.7. The number of ether oxygens (including phenoxy) is 2. The fourth-order valence-electron chi connectivity index (χ4n) is 2.21. The van der Waals surface area contributed by atoms with Crippen molar-refractivity contribution in [1.82, 2.24) is 4.98 Å². The molecule has 0 aliphatic carbocycles. The molecule has 0 aliphatic heterocycles. The molecule has 3 rings (SSSR count). The second kappa shape index (κ2) is 8.30. The van der Waals surface area contributed by atoms with Crippen molar-refractivity contribution >= 4 is 28.5 Å². The van der Waals surface area contributed by atoms with Crippen LogP contribution >= 0.6 is 11.3 Å². The van der Waals surface area contributed by atoms with Crippen molar-refractivity contribution in [3.8, 4) is 11.5 Å². The lowest BCUT2D eigenvalue weighted by Crippen LogP contribution is -2.01. The number of hydrazone groups is 1. The lowest BCUT2D eigenvalue weighted by Gasteiger charge is -2.11. The van der Waals surface area contributed by atoms with E-state index in [4.69, 9.17) is 15.2 Å². The van der Waals surface area contributed by atoms with Crippen LogP contribution in [0.25, 0.3) is 0 Å². The number of nitrogens with zero attached hydrogens (tertiary/aromatic N) is 2. The van der Waals surface area contributed by atoms with Crippen LogP contribution in [0.4, 0.5) is 15.3 Å². The number of nitrogens with one attached hydrogen (secondary N) is 1. The van der Waals surface area contributed by atoms with E-state index in [9.17, 15) is 4.39 Å². The number of benzene rings is 2. The van der Waals surface area contributed by atoms with E-state index in [1.54, 1.807) is 36.9 Å². The van der Waals surface area contributed by atoms with Crippen LogP contribution in [0.2, 0.25) is 0 Å². The normalized spacial score (nSPS) is 10.8. The Bertz CT molecular complexity index is 914. The Hall–Kier alpha value is -3.13. The molecule has 0 bridgehead atoms. The van der Waals surface area contributed by atoms with Gasteiger partial charge < -0.3 is 15.2 Å². The first kappa shape index (κ1) is 17.7. The number of nitrogens with two attached hydrogens (primary N) is 1. The molecule has 0 spiro atoms. The maximum atomic E-state index is 13.7. The molecule has 2 aromatic carbocycles. The highest BCUT2D eigenvalue weighted by molar-refractivity contribution is 7.14.